The molecule has 2 heterocycles. The molecule has 1 aromatic heterocycles. The van der Waals surface area contributed by atoms with Gasteiger partial charge < -0.3 is 15.0 Å². The number of carbonyl (C=O) groups excluding carboxylic acids is 1. The zero-order valence-electron chi connectivity index (χ0n) is 17.4. The summed E-state index contributed by atoms with van der Waals surface area (Å²) in [4.78, 5) is 18.2. The molecule has 5 nitrogen and oxygen atoms in total. The molecule has 1 aliphatic heterocycles. The van der Waals surface area contributed by atoms with Gasteiger partial charge in [-0.25, -0.2) is 8.78 Å². The average molecular weight is 427 g/mol. The minimum absolute atomic E-state index is 0.0853. The quantitative estimate of drug-likeness (QED) is 0.538. The van der Waals surface area contributed by atoms with Crippen molar-refractivity contribution in [2.75, 3.05) is 39.4 Å². The summed E-state index contributed by atoms with van der Waals surface area (Å²) in [5.41, 5.74) is 2.05. The molecule has 31 heavy (non-hydrogen) atoms. The highest BCUT2D eigenvalue weighted by Gasteiger charge is 2.24. The van der Waals surface area contributed by atoms with Crippen LogP contribution in [0.25, 0.3) is 10.9 Å². The molecule has 0 radical (unpaired) electrons. The van der Waals surface area contributed by atoms with Gasteiger partial charge in [0.2, 0.25) is 5.91 Å². The summed E-state index contributed by atoms with van der Waals surface area (Å²) in [5.74, 6) is -1.95. The molecule has 0 spiro atoms. The predicted molar refractivity (Wildman–Crippen MR) is 116 cm³/mol. The number of morpholine rings is 1. The van der Waals surface area contributed by atoms with Gasteiger partial charge in [-0.15, -0.1) is 0 Å². The van der Waals surface area contributed by atoms with E-state index in [2.05, 4.69) is 15.2 Å². The summed E-state index contributed by atoms with van der Waals surface area (Å²) in [5, 5.41) is 3.89. The molecular weight excluding hydrogens is 400 g/mol. The second-order valence-corrected chi connectivity index (χ2v) is 7.87. The van der Waals surface area contributed by atoms with Gasteiger partial charge in [0.05, 0.1) is 13.2 Å². The molecule has 0 bridgehead atoms. The minimum atomic E-state index is -0.643. The SMILES string of the molecule is O=C(CC(c1ccc(F)cc1F)c1c[nH]c2ccccc12)NCCCN1CCOCC1. The van der Waals surface area contributed by atoms with E-state index >= 15 is 0 Å². The molecular formula is C24H27F2N3O2. The van der Waals surface area contributed by atoms with Gasteiger partial charge in [0, 0.05) is 55.1 Å². The van der Waals surface area contributed by atoms with E-state index in [1.807, 2.05) is 30.5 Å². The van der Waals surface area contributed by atoms with Crippen molar-refractivity contribution in [3.05, 3.63) is 71.4 Å². The number of carbonyl (C=O) groups is 1. The Morgan fingerprint density at radius 1 is 1.13 bits per heavy atom. The number of rotatable bonds is 8. The summed E-state index contributed by atoms with van der Waals surface area (Å²) < 4.78 is 33.5. The molecule has 1 fully saturated rings. The Balaban J connectivity index is 1.46. The number of H-pyrrole nitrogens is 1. The molecule has 0 aliphatic carbocycles. The van der Waals surface area contributed by atoms with E-state index in [0.29, 0.717) is 12.1 Å². The molecule has 2 aromatic carbocycles. The van der Waals surface area contributed by atoms with Crippen LogP contribution in [0.5, 0.6) is 0 Å². The molecule has 1 aliphatic rings. The standard InChI is InChI=1S/C24H27F2N3O2/c25-17-6-7-18(22(26)14-17)20(21-16-28-23-5-2-1-4-19(21)23)15-24(30)27-8-3-9-29-10-12-31-13-11-29/h1-2,4-7,14,16,20,28H,3,8-13,15H2,(H,27,30). The number of benzene rings is 2. The number of fused-ring (bicyclic) bond motifs is 1. The summed E-state index contributed by atoms with van der Waals surface area (Å²) in [6.07, 6.45) is 2.74. The number of ether oxygens (including phenoxy) is 1. The lowest BCUT2D eigenvalue weighted by molar-refractivity contribution is -0.121. The van der Waals surface area contributed by atoms with Crippen LogP contribution in [0.2, 0.25) is 0 Å². The van der Waals surface area contributed by atoms with Crippen molar-refractivity contribution in [3.8, 4) is 0 Å². The van der Waals surface area contributed by atoms with E-state index in [-0.39, 0.29) is 12.3 Å². The lowest BCUT2D eigenvalue weighted by Crippen LogP contribution is -2.38. The highest BCUT2D eigenvalue weighted by Crippen LogP contribution is 2.34. The molecule has 3 aromatic rings. The summed E-state index contributed by atoms with van der Waals surface area (Å²) in [7, 11) is 0. The first-order valence-corrected chi connectivity index (χ1v) is 10.7. The number of nitrogens with zero attached hydrogens (tertiary/aromatic N) is 1. The first kappa shape index (κ1) is 21.5. The van der Waals surface area contributed by atoms with Crippen LogP contribution in [-0.2, 0) is 9.53 Å². The number of hydrogen-bond donors (Lipinski definition) is 2. The van der Waals surface area contributed by atoms with Crippen molar-refractivity contribution in [1.82, 2.24) is 15.2 Å². The number of halogens is 2. The normalized spacial score (nSPS) is 15.8. The molecule has 0 saturated carbocycles. The van der Waals surface area contributed by atoms with Crippen molar-refractivity contribution in [2.24, 2.45) is 0 Å². The van der Waals surface area contributed by atoms with Crippen LogP contribution in [0.1, 0.15) is 29.9 Å². The van der Waals surface area contributed by atoms with Crippen LogP contribution in [0.3, 0.4) is 0 Å². The predicted octanol–water partition coefficient (Wildman–Crippen LogP) is 3.81. The second-order valence-electron chi connectivity index (χ2n) is 7.87. The second kappa shape index (κ2) is 10.0. The van der Waals surface area contributed by atoms with Gasteiger partial charge in [-0.05, 0) is 36.2 Å². The van der Waals surface area contributed by atoms with Crippen LogP contribution >= 0.6 is 0 Å². The number of amides is 1. The first-order valence-electron chi connectivity index (χ1n) is 10.7. The lowest BCUT2D eigenvalue weighted by Gasteiger charge is -2.26. The van der Waals surface area contributed by atoms with E-state index in [1.54, 1.807) is 0 Å². The largest absolute Gasteiger partial charge is 0.379 e. The number of para-hydroxylation sites is 1. The van der Waals surface area contributed by atoms with Crippen molar-refractivity contribution in [3.63, 3.8) is 0 Å². The number of hydrogen-bond acceptors (Lipinski definition) is 3. The Bertz CT molecular complexity index is 1030. The van der Waals surface area contributed by atoms with E-state index in [0.717, 1.165) is 61.8 Å². The van der Waals surface area contributed by atoms with Crippen molar-refractivity contribution in [2.45, 2.75) is 18.8 Å². The maximum atomic E-state index is 14.7. The van der Waals surface area contributed by atoms with Gasteiger partial charge in [-0.2, -0.15) is 0 Å². The Morgan fingerprint density at radius 2 is 1.94 bits per heavy atom. The Kier molecular flexibility index (Phi) is 6.94. The number of aromatic amines is 1. The first-order chi connectivity index (χ1) is 15.1. The molecule has 1 atom stereocenters. The highest BCUT2D eigenvalue weighted by molar-refractivity contribution is 5.86. The Hall–Kier alpha value is -2.77. The van der Waals surface area contributed by atoms with Gasteiger partial charge in [0.25, 0.3) is 0 Å². The average Bonchev–Trinajstić information content (AvgIpc) is 3.20. The van der Waals surface area contributed by atoms with Crippen LogP contribution in [0.15, 0.2) is 48.7 Å². The molecule has 7 heteroatoms. The third-order valence-corrected chi connectivity index (χ3v) is 5.80. The molecule has 4 rings (SSSR count). The minimum Gasteiger partial charge on any atom is -0.379 e. The zero-order valence-corrected chi connectivity index (χ0v) is 17.4. The fourth-order valence-corrected chi connectivity index (χ4v) is 4.17. The van der Waals surface area contributed by atoms with Gasteiger partial charge in [0.1, 0.15) is 11.6 Å². The maximum Gasteiger partial charge on any atom is 0.220 e. The molecule has 164 valence electrons. The fraction of sp³-hybridized carbons (Fsp3) is 0.375. The van der Waals surface area contributed by atoms with Crippen molar-refractivity contribution >= 4 is 16.8 Å². The molecule has 1 saturated heterocycles. The van der Waals surface area contributed by atoms with Gasteiger partial charge >= 0.3 is 0 Å². The summed E-state index contributed by atoms with van der Waals surface area (Å²) >= 11 is 0. The van der Waals surface area contributed by atoms with Crippen molar-refractivity contribution < 1.29 is 18.3 Å². The van der Waals surface area contributed by atoms with E-state index in [9.17, 15) is 13.6 Å². The lowest BCUT2D eigenvalue weighted by atomic mass is 9.87. The van der Waals surface area contributed by atoms with Gasteiger partial charge in [-0.3, -0.25) is 9.69 Å². The monoisotopic (exact) mass is 427 g/mol. The van der Waals surface area contributed by atoms with Crippen LogP contribution in [0.4, 0.5) is 8.78 Å². The third kappa shape index (κ3) is 5.29. The van der Waals surface area contributed by atoms with E-state index < -0.39 is 17.6 Å². The maximum absolute atomic E-state index is 14.7. The van der Waals surface area contributed by atoms with Crippen LogP contribution in [-0.4, -0.2) is 55.2 Å². The van der Waals surface area contributed by atoms with Crippen molar-refractivity contribution in [1.29, 1.82) is 0 Å². The van der Waals surface area contributed by atoms with E-state index in [4.69, 9.17) is 4.74 Å². The summed E-state index contributed by atoms with van der Waals surface area (Å²) in [6.45, 7) is 4.80. The molecule has 2 N–H and O–H groups in total. The number of nitrogens with one attached hydrogen (secondary N) is 2. The van der Waals surface area contributed by atoms with Crippen LogP contribution < -0.4 is 5.32 Å². The summed E-state index contributed by atoms with van der Waals surface area (Å²) in [6, 6.07) is 11.2. The van der Waals surface area contributed by atoms with Gasteiger partial charge in [0.15, 0.2) is 0 Å². The van der Waals surface area contributed by atoms with Gasteiger partial charge in [-0.1, -0.05) is 24.3 Å². The Morgan fingerprint density at radius 3 is 2.74 bits per heavy atom. The Labute approximate surface area is 180 Å². The zero-order chi connectivity index (χ0) is 21.6. The smallest absolute Gasteiger partial charge is 0.220 e. The number of aromatic nitrogens is 1. The highest BCUT2D eigenvalue weighted by atomic mass is 19.1. The van der Waals surface area contributed by atoms with E-state index in [1.165, 1.54) is 12.1 Å². The molecule has 1 amide bonds. The third-order valence-electron chi connectivity index (χ3n) is 5.80. The van der Waals surface area contributed by atoms with Crippen LogP contribution in [0, 0.1) is 11.6 Å². The fourth-order valence-electron chi connectivity index (χ4n) is 4.17. The topological polar surface area (TPSA) is 57.4 Å². The molecule has 1 unspecified atom stereocenters.